The van der Waals surface area contributed by atoms with Crippen LogP contribution in [0.3, 0.4) is 0 Å². The van der Waals surface area contributed by atoms with E-state index in [1.54, 1.807) is 13.8 Å². The van der Waals surface area contributed by atoms with Gasteiger partial charge in [-0.05, 0) is 112 Å². The molecule has 0 amide bonds. The average Bonchev–Trinajstić information content (AvgIpc) is 3.59. The molecule has 3 aromatic rings. The third kappa shape index (κ3) is 6.68. The van der Waals surface area contributed by atoms with Crippen LogP contribution in [0.4, 0.5) is 0 Å². The molecule has 11 heteroatoms. The molecule has 6 N–H and O–H groups in total. The van der Waals surface area contributed by atoms with Crippen molar-refractivity contribution in [3.05, 3.63) is 69.3 Å². The first kappa shape index (κ1) is 34.3. The summed E-state index contributed by atoms with van der Waals surface area (Å²) in [6.45, 7) is 11.1. The molecule has 0 aliphatic carbocycles. The maximum absolute atomic E-state index is 11.6. The number of hydrogen-bond donors (Lipinski definition) is 6. The summed E-state index contributed by atoms with van der Waals surface area (Å²) < 4.78 is 0. The summed E-state index contributed by atoms with van der Waals surface area (Å²) in [6.07, 6.45) is -1.16. The van der Waals surface area contributed by atoms with Gasteiger partial charge in [-0.15, -0.1) is 0 Å². The zero-order valence-corrected chi connectivity index (χ0v) is 32.0. The molecule has 45 heavy (non-hydrogen) atoms. The van der Waals surface area contributed by atoms with E-state index < -0.39 is 24.1 Å². The van der Waals surface area contributed by atoms with Crippen molar-refractivity contribution in [3.63, 3.8) is 0 Å². The molecule has 2 aliphatic heterocycles. The number of aromatic nitrogens is 4. The number of aryl methyl sites for hydroxylation is 3. The van der Waals surface area contributed by atoms with Crippen molar-refractivity contribution in [1.29, 1.82) is 0 Å². The number of carboxylic acids is 2. The SMILES string of the molecule is CC1=C(CCC(=O)O)c2cc3[nH]c(cc4nc(cc5[nH]c(cc1n2)c(C(C)O)c5C)C(C(C)O)=C4C)c(C)c3CCC(=O)O.[Hg]. The first-order chi connectivity index (χ1) is 20.8. The largest absolute Gasteiger partial charge is 0.481 e. The van der Waals surface area contributed by atoms with E-state index in [-0.39, 0.29) is 53.4 Å². The Labute approximate surface area is 281 Å². The number of nitrogens with zero attached hydrogens (tertiary/aromatic N) is 2. The summed E-state index contributed by atoms with van der Waals surface area (Å²) in [7, 11) is 0. The standard InChI is InChI=1S/C34H38N4O6.Hg/c1-15-21(7-9-31(41)42)27-14-28-22(8-10-32(43)44)16(2)24(36-28)12-29-34(20(6)40)18(4)26(38-29)13-30-33(19(5)39)17(3)25(37-30)11-23(15)35-27;/h11-14,19-20,35,38-40H,7-10H2,1-6H3,(H,41,42)(H,43,44);. The fourth-order valence-corrected chi connectivity index (χ4v) is 6.31. The first-order valence-electron chi connectivity index (χ1n) is 14.7. The molecule has 0 spiro atoms. The van der Waals surface area contributed by atoms with E-state index in [9.17, 15) is 30.0 Å². The predicted octanol–water partition coefficient (Wildman–Crippen LogP) is 6.11. The van der Waals surface area contributed by atoms with Gasteiger partial charge in [-0.3, -0.25) is 9.59 Å². The minimum atomic E-state index is -0.917. The monoisotopic (exact) mass is 800 g/mol. The van der Waals surface area contributed by atoms with Crippen LogP contribution in [0.25, 0.3) is 44.4 Å². The zero-order valence-electron chi connectivity index (χ0n) is 26.5. The van der Waals surface area contributed by atoms with Crippen LogP contribution in [-0.4, -0.2) is 58.4 Å². The van der Waals surface area contributed by atoms with Crippen LogP contribution in [0.1, 0.15) is 98.1 Å². The molecule has 0 aromatic carbocycles. The van der Waals surface area contributed by atoms with Gasteiger partial charge in [0, 0.05) is 73.7 Å². The number of hydrogen-bond acceptors (Lipinski definition) is 6. The van der Waals surface area contributed by atoms with E-state index in [2.05, 4.69) is 9.97 Å². The number of allylic oxidation sites excluding steroid dienone is 3. The summed E-state index contributed by atoms with van der Waals surface area (Å²) in [6, 6.07) is 7.51. The van der Waals surface area contributed by atoms with Gasteiger partial charge in [0.2, 0.25) is 0 Å². The molecule has 3 aromatic heterocycles. The zero-order chi connectivity index (χ0) is 32.0. The number of aliphatic hydroxyl groups excluding tert-OH is 2. The van der Waals surface area contributed by atoms with E-state index in [0.29, 0.717) is 44.9 Å². The molecule has 5 heterocycles. The molecule has 5 rings (SSSR count). The van der Waals surface area contributed by atoms with Gasteiger partial charge in [0.15, 0.2) is 0 Å². The van der Waals surface area contributed by atoms with Crippen LogP contribution in [-0.2, 0) is 43.7 Å². The van der Waals surface area contributed by atoms with Crippen molar-refractivity contribution in [3.8, 4) is 0 Å². The van der Waals surface area contributed by atoms with Gasteiger partial charge in [0.05, 0.1) is 35.0 Å². The molecule has 2 atom stereocenters. The predicted molar refractivity (Wildman–Crippen MR) is 171 cm³/mol. The van der Waals surface area contributed by atoms with E-state index in [1.807, 2.05) is 52.0 Å². The van der Waals surface area contributed by atoms with Gasteiger partial charge in [-0.1, -0.05) is 0 Å². The summed E-state index contributed by atoms with van der Waals surface area (Å²) in [4.78, 5) is 39.8. The van der Waals surface area contributed by atoms with E-state index in [0.717, 1.165) is 44.4 Å². The van der Waals surface area contributed by atoms with E-state index in [1.165, 1.54) is 0 Å². The number of H-pyrrole nitrogens is 2. The van der Waals surface area contributed by atoms with Crippen LogP contribution >= 0.6 is 0 Å². The van der Waals surface area contributed by atoms with Gasteiger partial charge in [0.1, 0.15) is 0 Å². The number of aliphatic carboxylic acids is 2. The van der Waals surface area contributed by atoms with Gasteiger partial charge in [-0.25, -0.2) is 9.97 Å². The van der Waals surface area contributed by atoms with Crippen LogP contribution in [0, 0.1) is 13.8 Å². The summed E-state index contributed by atoms with van der Waals surface area (Å²) in [5.74, 6) is -1.83. The molecule has 10 nitrogen and oxygen atoms in total. The van der Waals surface area contributed by atoms with Crippen molar-refractivity contribution in [2.75, 3.05) is 0 Å². The second-order valence-electron chi connectivity index (χ2n) is 11.7. The first-order valence-corrected chi connectivity index (χ1v) is 14.7. The maximum atomic E-state index is 11.6. The fraction of sp³-hybridized carbons (Fsp3) is 0.353. The minimum absolute atomic E-state index is 0. The second-order valence-corrected chi connectivity index (χ2v) is 11.7. The molecule has 2 unspecified atom stereocenters. The summed E-state index contributed by atoms with van der Waals surface area (Å²) in [5, 5.41) is 40.5. The molecule has 0 saturated heterocycles. The van der Waals surface area contributed by atoms with Crippen molar-refractivity contribution < 1.29 is 57.7 Å². The van der Waals surface area contributed by atoms with Crippen LogP contribution < -0.4 is 0 Å². The minimum Gasteiger partial charge on any atom is -0.481 e. The number of aromatic amines is 2. The number of aliphatic hydroxyl groups is 2. The van der Waals surface area contributed by atoms with Crippen molar-refractivity contribution in [2.45, 2.75) is 79.4 Å². The van der Waals surface area contributed by atoms with E-state index in [4.69, 9.17) is 9.97 Å². The van der Waals surface area contributed by atoms with Crippen molar-refractivity contribution in [1.82, 2.24) is 19.9 Å². The number of fused-ring (bicyclic) bond motifs is 8. The third-order valence-corrected chi connectivity index (χ3v) is 8.65. The molecule has 232 valence electrons. The van der Waals surface area contributed by atoms with Crippen LogP contribution in [0.15, 0.2) is 24.3 Å². The molecule has 2 aliphatic rings. The van der Waals surface area contributed by atoms with Gasteiger partial charge in [-0.2, -0.15) is 0 Å². The Bertz CT molecular complexity index is 1930. The molecule has 0 radical (unpaired) electrons. The fourth-order valence-electron chi connectivity index (χ4n) is 6.31. The average molecular weight is 799 g/mol. The Balaban J connectivity index is 0.00000461. The quantitative estimate of drug-likeness (QED) is 0.148. The summed E-state index contributed by atoms with van der Waals surface area (Å²) in [5.41, 5.74) is 11.7. The number of carbonyl (C=O) groups is 2. The Morgan fingerprint density at radius 2 is 1.20 bits per heavy atom. The van der Waals surface area contributed by atoms with Crippen LogP contribution in [0.5, 0.6) is 0 Å². The second kappa shape index (κ2) is 13.4. The Kier molecular flexibility index (Phi) is 10.2. The molecule has 8 bridgehead atoms. The van der Waals surface area contributed by atoms with E-state index >= 15 is 0 Å². The smallest absolute Gasteiger partial charge is 0.303 e. The van der Waals surface area contributed by atoms with Crippen molar-refractivity contribution >= 4 is 56.3 Å². The third-order valence-electron chi connectivity index (χ3n) is 8.65. The molecule has 0 saturated carbocycles. The number of nitrogens with one attached hydrogen (secondary N) is 2. The maximum Gasteiger partial charge on any atom is 0.303 e. The Hall–Kier alpha value is -3.60. The van der Waals surface area contributed by atoms with Crippen molar-refractivity contribution in [2.24, 2.45) is 0 Å². The topological polar surface area (TPSA) is 172 Å². The summed E-state index contributed by atoms with van der Waals surface area (Å²) >= 11 is 0. The molecule has 0 fully saturated rings. The van der Waals surface area contributed by atoms with Gasteiger partial charge in [0.25, 0.3) is 0 Å². The van der Waals surface area contributed by atoms with Crippen LogP contribution in [0.2, 0.25) is 0 Å². The number of carboxylic acid groups (broad SMARTS) is 2. The van der Waals surface area contributed by atoms with Gasteiger partial charge >= 0.3 is 11.9 Å². The molecular weight excluding hydrogens is 761 g/mol. The molecular formula is C34H38HgN4O6. The Morgan fingerprint density at radius 3 is 1.82 bits per heavy atom. The van der Waals surface area contributed by atoms with Gasteiger partial charge < -0.3 is 30.4 Å². The normalized spacial score (nSPS) is 14.4. The Morgan fingerprint density at radius 1 is 0.689 bits per heavy atom. The number of rotatable bonds is 8.